The molecule has 24 heavy (non-hydrogen) atoms. The predicted molar refractivity (Wildman–Crippen MR) is 87.1 cm³/mol. The fraction of sp³-hybridized carbons (Fsp3) is 0.500. The van der Waals surface area contributed by atoms with Crippen molar-refractivity contribution in [2.45, 2.75) is 12.2 Å². The van der Waals surface area contributed by atoms with Crippen LogP contribution in [-0.2, 0) is 0 Å². The number of phenolic OH excluding ortho intramolecular Hbond substituents is 1. The quantitative estimate of drug-likeness (QED) is 0.834. The molecule has 0 aliphatic carbocycles. The monoisotopic (exact) mass is 387 g/mol. The summed E-state index contributed by atoms with van der Waals surface area (Å²) >= 11 is 0. The van der Waals surface area contributed by atoms with Gasteiger partial charge in [0, 0.05) is 37.8 Å². The number of nitriles is 1. The molecule has 136 valence electrons. The number of halogens is 5. The third-order valence-corrected chi connectivity index (χ3v) is 3.57. The fourth-order valence-corrected chi connectivity index (χ4v) is 2.58. The minimum Gasteiger partial charge on any atom is -0.504 e. The summed E-state index contributed by atoms with van der Waals surface area (Å²) in [6.07, 6.45) is -4.58. The van der Waals surface area contributed by atoms with Gasteiger partial charge in [0.15, 0.2) is 11.5 Å². The molecule has 0 radical (unpaired) electrons. The topological polar surface area (TPSA) is 68.5 Å². The normalized spacial score (nSPS) is 16.3. The Morgan fingerprint density at radius 2 is 1.88 bits per heavy atom. The van der Waals surface area contributed by atoms with Crippen LogP contribution in [0.25, 0.3) is 0 Å². The first-order valence-corrected chi connectivity index (χ1v) is 6.71. The van der Waals surface area contributed by atoms with Gasteiger partial charge in [-0.05, 0) is 6.07 Å². The van der Waals surface area contributed by atoms with E-state index in [-0.39, 0.29) is 54.8 Å². The van der Waals surface area contributed by atoms with Crippen molar-refractivity contribution in [2.24, 2.45) is 0 Å². The first-order chi connectivity index (χ1) is 10.4. The number of methoxy groups -OCH3 is 1. The van der Waals surface area contributed by atoms with Gasteiger partial charge in [-0.3, -0.25) is 4.90 Å². The minimum absolute atomic E-state index is 0. The van der Waals surface area contributed by atoms with E-state index in [0.717, 1.165) is 6.07 Å². The molecule has 0 bridgehead atoms. The number of phenols is 1. The van der Waals surface area contributed by atoms with E-state index in [1.54, 1.807) is 6.07 Å². The Morgan fingerprint density at radius 3 is 2.33 bits per heavy atom. The number of hydrogen-bond acceptors (Lipinski definition) is 5. The van der Waals surface area contributed by atoms with Crippen LogP contribution in [0.15, 0.2) is 12.1 Å². The van der Waals surface area contributed by atoms with Gasteiger partial charge in [0.2, 0.25) is 0 Å². The largest absolute Gasteiger partial charge is 0.504 e. The zero-order valence-corrected chi connectivity index (χ0v) is 14.4. The van der Waals surface area contributed by atoms with Crippen LogP contribution < -0.4 is 10.1 Å². The number of nitrogens with one attached hydrogen (secondary N) is 1. The maximum atomic E-state index is 13.5. The number of benzene rings is 1. The van der Waals surface area contributed by atoms with E-state index < -0.39 is 18.0 Å². The highest BCUT2D eigenvalue weighted by Gasteiger charge is 2.46. The average Bonchev–Trinajstić information content (AvgIpc) is 2.49. The van der Waals surface area contributed by atoms with Gasteiger partial charge in [0.1, 0.15) is 6.04 Å². The molecule has 1 heterocycles. The van der Waals surface area contributed by atoms with Crippen LogP contribution in [-0.4, -0.2) is 49.5 Å². The lowest BCUT2D eigenvalue weighted by atomic mass is 9.99. The lowest BCUT2D eigenvalue weighted by Crippen LogP contribution is -2.49. The van der Waals surface area contributed by atoms with Crippen molar-refractivity contribution in [3.63, 3.8) is 0 Å². The number of rotatable bonds is 3. The highest BCUT2D eigenvalue weighted by atomic mass is 35.5. The standard InChI is InChI=1S/C14H16F3N3O2.2ClH/c1-22-11-7-9(8-18)6-10(12(11)21)13(14(15,16)17)20-4-2-19-3-5-20;;/h6-7,13,19,21H,2-5H2,1H3;2*1H/t13-;;/m1../s1. The van der Waals surface area contributed by atoms with Crippen molar-refractivity contribution >= 4 is 24.8 Å². The molecule has 2 rings (SSSR count). The van der Waals surface area contributed by atoms with Crippen LogP contribution >= 0.6 is 24.8 Å². The van der Waals surface area contributed by atoms with Gasteiger partial charge < -0.3 is 15.2 Å². The Hall–Kier alpha value is -1.40. The number of aromatic hydroxyl groups is 1. The molecule has 1 saturated heterocycles. The van der Waals surface area contributed by atoms with Gasteiger partial charge in [0.25, 0.3) is 0 Å². The number of nitrogens with zero attached hydrogens (tertiary/aromatic N) is 2. The first-order valence-electron chi connectivity index (χ1n) is 6.71. The van der Waals surface area contributed by atoms with Crippen LogP contribution in [0.1, 0.15) is 17.2 Å². The van der Waals surface area contributed by atoms with Crippen LogP contribution in [0.2, 0.25) is 0 Å². The highest BCUT2D eigenvalue weighted by Crippen LogP contribution is 2.44. The molecule has 0 amide bonds. The number of piperazine rings is 1. The Labute approximate surface area is 150 Å². The van der Waals surface area contributed by atoms with Crippen molar-refractivity contribution < 1.29 is 23.0 Å². The SMILES string of the molecule is COc1cc(C#N)cc([C@@H](N2CCNCC2)C(F)(F)F)c1O.Cl.Cl. The van der Waals surface area contributed by atoms with E-state index in [1.807, 2.05) is 0 Å². The second-order valence-electron chi connectivity index (χ2n) is 4.96. The molecular weight excluding hydrogens is 370 g/mol. The lowest BCUT2D eigenvalue weighted by molar-refractivity contribution is -0.188. The summed E-state index contributed by atoms with van der Waals surface area (Å²) < 4.78 is 45.5. The summed E-state index contributed by atoms with van der Waals surface area (Å²) in [6, 6.07) is 2.09. The van der Waals surface area contributed by atoms with Crippen LogP contribution in [0, 0.1) is 11.3 Å². The molecular formula is C14H18Cl2F3N3O2. The van der Waals surface area contributed by atoms with E-state index in [9.17, 15) is 18.3 Å². The van der Waals surface area contributed by atoms with Crippen LogP contribution in [0.3, 0.4) is 0 Å². The Balaban J connectivity index is 0.00000264. The van der Waals surface area contributed by atoms with Gasteiger partial charge in [-0.1, -0.05) is 0 Å². The molecule has 0 aromatic heterocycles. The molecule has 2 N–H and O–H groups in total. The molecule has 1 atom stereocenters. The smallest absolute Gasteiger partial charge is 0.408 e. The van der Waals surface area contributed by atoms with Gasteiger partial charge in [-0.2, -0.15) is 18.4 Å². The summed E-state index contributed by atoms with van der Waals surface area (Å²) in [6.45, 7) is 1.26. The molecule has 1 aliphatic rings. The Morgan fingerprint density at radius 1 is 1.29 bits per heavy atom. The molecule has 0 unspecified atom stereocenters. The zero-order valence-electron chi connectivity index (χ0n) is 12.8. The van der Waals surface area contributed by atoms with Crippen LogP contribution in [0.4, 0.5) is 13.2 Å². The highest BCUT2D eigenvalue weighted by molar-refractivity contribution is 5.85. The summed E-state index contributed by atoms with van der Waals surface area (Å²) in [4.78, 5) is 1.24. The molecule has 1 fully saturated rings. The molecule has 1 aromatic rings. The third-order valence-electron chi connectivity index (χ3n) is 3.57. The van der Waals surface area contributed by atoms with Crippen molar-refractivity contribution in [3.05, 3.63) is 23.3 Å². The third kappa shape index (κ3) is 4.80. The maximum Gasteiger partial charge on any atom is 0.408 e. The molecule has 10 heteroatoms. The maximum absolute atomic E-state index is 13.5. The van der Waals surface area contributed by atoms with E-state index in [4.69, 9.17) is 10.00 Å². The minimum atomic E-state index is -4.58. The van der Waals surface area contributed by atoms with Crippen molar-refractivity contribution in [1.29, 1.82) is 5.26 Å². The zero-order chi connectivity index (χ0) is 16.3. The summed E-state index contributed by atoms with van der Waals surface area (Å²) in [7, 11) is 1.23. The van der Waals surface area contributed by atoms with Gasteiger partial charge >= 0.3 is 6.18 Å². The molecule has 5 nitrogen and oxygen atoms in total. The lowest BCUT2D eigenvalue weighted by Gasteiger charge is -2.36. The average molecular weight is 388 g/mol. The Kier molecular flexibility index (Phi) is 8.64. The summed E-state index contributed by atoms with van der Waals surface area (Å²) in [5.74, 6) is -0.721. The van der Waals surface area contributed by atoms with Crippen molar-refractivity contribution in [2.75, 3.05) is 33.3 Å². The fourth-order valence-electron chi connectivity index (χ4n) is 2.58. The van der Waals surface area contributed by atoms with Gasteiger partial charge in [-0.15, -0.1) is 24.8 Å². The number of hydrogen-bond donors (Lipinski definition) is 2. The van der Waals surface area contributed by atoms with Gasteiger partial charge in [0.05, 0.1) is 18.7 Å². The van der Waals surface area contributed by atoms with Gasteiger partial charge in [-0.25, -0.2) is 0 Å². The van der Waals surface area contributed by atoms with Crippen molar-refractivity contribution in [3.8, 4) is 17.6 Å². The second-order valence-corrected chi connectivity index (χ2v) is 4.96. The summed E-state index contributed by atoms with van der Waals surface area (Å²) in [5, 5.41) is 22.1. The van der Waals surface area contributed by atoms with E-state index in [0.29, 0.717) is 13.1 Å². The number of alkyl halides is 3. The molecule has 0 spiro atoms. The van der Waals surface area contributed by atoms with Crippen molar-refractivity contribution in [1.82, 2.24) is 10.2 Å². The number of ether oxygens (including phenoxy) is 1. The van der Waals surface area contributed by atoms with E-state index in [1.165, 1.54) is 18.1 Å². The predicted octanol–water partition coefficient (Wildman–Crippen LogP) is 2.62. The Bertz CT molecular complexity index is 588. The molecule has 0 saturated carbocycles. The van der Waals surface area contributed by atoms with Crippen LogP contribution in [0.5, 0.6) is 11.5 Å². The molecule has 1 aliphatic heterocycles. The van der Waals surface area contributed by atoms with E-state index in [2.05, 4.69) is 5.32 Å². The molecule has 1 aromatic carbocycles. The first kappa shape index (κ1) is 22.6. The second kappa shape index (κ2) is 9.18. The van der Waals surface area contributed by atoms with E-state index >= 15 is 0 Å². The summed E-state index contributed by atoms with van der Waals surface area (Å²) in [5.41, 5.74) is -0.348.